The van der Waals surface area contributed by atoms with Crippen molar-refractivity contribution >= 4 is 27.4 Å². The highest BCUT2D eigenvalue weighted by Crippen LogP contribution is 2.20. The first kappa shape index (κ1) is 18.8. The van der Waals surface area contributed by atoms with Gasteiger partial charge in [0, 0.05) is 24.1 Å². The van der Waals surface area contributed by atoms with Crippen LogP contribution in [0, 0.1) is 6.92 Å². The number of carbonyl (C=O) groups is 2. The predicted octanol–water partition coefficient (Wildman–Crippen LogP) is 2.50. The number of rotatable bonds is 7. The van der Waals surface area contributed by atoms with E-state index in [1.54, 1.807) is 43.3 Å². The number of Topliss-reactive ketones (excluding diaryl/α,β-unsaturated/α-hetero) is 1. The van der Waals surface area contributed by atoms with E-state index >= 15 is 0 Å². The minimum Gasteiger partial charge on any atom is -0.326 e. The Morgan fingerprint density at radius 2 is 1.68 bits per heavy atom. The van der Waals surface area contributed by atoms with Crippen LogP contribution in [0.2, 0.25) is 0 Å². The molecule has 6 nitrogen and oxygen atoms in total. The molecule has 0 aliphatic rings. The van der Waals surface area contributed by atoms with E-state index in [2.05, 4.69) is 10.0 Å². The summed E-state index contributed by atoms with van der Waals surface area (Å²) in [5, 5.41) is 2.63. The van der Waals surface area contributed by atoms with Gasteiger partial charge in [-0.3, -0.25) is 9.59 Å². The van der Waals surface area contributed by atoms with E-state index in [9.17, 15) is 18.0 Å². The molecule has 2 rings (SSSR count). The third-order valence-corrected chi connectivity index (χ3v) is 5.26. The maximum Gasteiger partial charge on any atom is 0.240 e. The van der Waals surface area contributed by atoms with Crippen molar-refractivity contribution in [1.82, 2.24) is 4.72 Å². The lowest BCUT2D eigenvalue weighted by Crippen LogP contribution is -2.20. The molecule has 2 aromatic carbocycles. The Morgan fingerprint density at radius 3 is 2.32 bits per heavy atom. The van der Waals surface area contributed by atoms with Gasteiger partial charge in [-0.05, 0) is 31.7 Å². The molecule has 0 spiro atoms. The Hall–Kier alpha value is -2.51. The Kier molecular flexibility index (Phi) is 6.06. The Labute approximate surface area is 147 Å². The van der Waals surface area contributed by atoms with Crippen molar-refractivity contribution in [3.63, 3.8) is 0 Å². The first-order valence-corrected chi connectivity index (χ1v) is 9.24. The smallest absolute Gasteiger partial charge is 0.240 e. The Bertz CT molecular complexity index is 877. The molecule has 2 N–H and O–H groups in total. The van der Waals surface area contributed by atoms with Gasteiger partial charge in [0.2, 0.25) is 15.9 Å². The molecule has 0 bridgehead atoms. The molecule has 0 unspecified atom stereocenters. The molecule has 0 atom stereocenters. The van der Waals surface area contributed by atoms with Gasteiger partial charge in [-0.15, -0.1) is 0 Å². The fourth-order valence-electron chi connectivity index (χ4n) is 2.30. The fourth-order valence-corrected chi connectivity index (χ4v) is 3.29. The van der Waals surface area contributed by atoms with Crippen LogP contribution in [0.3, 0.4) is 0 Å². The van der Waals surface area contributed by atoms with E-state index in [-0.39, 0.29) is 29.4 Å². The first-order valence-electron chi connectivity index (χ1n) is 7.76. The zero-order chi connectivity index (χ0) is 18.4. The fraction of sp³-hybridized carbons (Fsp3) is 0.222. The van der Waals surface area contributed by atoms with Gasteiger partial charge < -0.3 is 5.32 Å². The van der Waals surface area contributed by atoms with Crippen molar-refractivity contribution in [2.24, 2.45) is 0 Å². The third kappa shape index (κ3) is 4.98. The minimum absolute atomic E-state index is 0.0235. The van der Waals surface area contributed by atoms with E-state index < -0.39 is 10.0 Å². The number of carbonyl (C=O) groups excluding carboxylic acids is 2. The van der Waals surface area contributed by atoms with Crippen molar-refractivity contribution in [2.75, 3.05) is 12.4 Å². The van der Waals surface area contributed by atoms with Crippen molar-refractivity contribution in [1.29, 1.82) is 0 Å². The molecular weight excluding hydrogens is 340 g/mol. The summed E-state index contributed by atoms with van der Waals surface area (Å²) in [5.74, 6) is -0.459. The number of amides is 1. The van der Waals surface area contributed by atoms with Crippen LogP contribution < -0.4 is 10.0 Å². The van der Waals surface area contributed by atoms with Crippen molar-refractivity contribution in [3.8, 4) is 0 Å². The minimum atomic E-state index is -3.60. The van der Waals surface area contributed by atoms with Gasteiger partial charge in [-0.25, -0.2) is 13.1 Å². The van der Waals surface area contributed by atoms with Crippen LogP contribution in [0.25, 0.3) is 0 Å². The summed E-state index contributed by atoms with van der Waals surface area (Å²) in [4.78, 5) is 24.1. The van der Waals surface area contributed by atoms with Crippen LogP contribution in [0.5, 0.6) is 0 Å². The van der Waals surface area contributed by atoms with Gasteiger partial charge in [0.25, 0.3) is 0 Å². The third-order valence-electron chi connectivity index (χ3n) is 3.71. The maximum absolute atomic E-state index is 12.0. The normalized spacial score (nSPS) is 11.1. The Balaban J connectivity index is 2.01. The SMILES string of the molecule is CNS(=O)(=O)c1cc(NC(=O)CCC(=O)c2ccccc2)ccc1C. The molecule has 1 amide bonds. The number of anilines is 1. The molecule has 0 heterocycles. The molecule has 2 aromatic rings. The van der Waals surface area contributed by atoms with E-state index in [1.807, 2.05) is 6.07 Å². The number of aryl methyl sites for hydroxylation is 1. The molecule has 0 saturated carbocycles. The van der Waals surface area contributed by atoms with Gasteiger partial charge in [0.05, 0.1) is 4.90 Å². The highest BCUT2D eigenvalue weighted by Gasteiger charge is 2.16. The standard InChI is InChI=1S/C18H20N2O4S/c1-13-8-9-15(12-17(13)25(23,24)19-2)20-18(22)11-10-16(21)14-6-4-3-5-7-14/h3-9,12,19H,10-11H2,1-2H3,(H,20,22). The quantitative estimate of drug-likeness (QED) is 0.742. The van der Waals surface area contributed by atoms with Crippen LogP contribution >= 0.6 is 0 Å². The summed E-state index contributed by atoms with van der Waals surface area (Å²) >= 11 is 0. The van der Waals surface area contributed by atoms with Crippen LogP contribution in [0.15, 0.2) is 53.4 Å². The number of ketones is 1. The summed E-state index contributed by atoms with van der Waals surface area (Å²) in [6.45, 7) is 1.67. The zero-order valence-electron chi connectivity index (χ0n) is 14.1. The van der Waals surface area contributed by atoms with Crippen molar-refractivity contribution in [2.45, 2.75) is 24.7 Å². The number of benzene rings is 2. The van der Waals surface area contributed by atoms with Gasteiger partial charge in [0.1, 0.15) is 0 Å². The van der Waals surface area contributed by atoms with Gasteiger partial charge >= 0.3 is 0 Å². The lowest BCUT2D eigenvalue weighted by atomic mass is 10.1. The lowest BCUT2D eigenvalue weighted by Gasteiger charge is -2.10. The Morgan fingerprint density at radius 1 is 1.00 bits per heavy atom. The predicted molar refractivity (Wildman–Crippen MR) is 96.1 cm³/mol. The summed E-state index contributed by atoms with van der Waals surface area (Å²) in [6.07, 6.45) is 0.110. The van der Waals surface area contributed by atoms with E-state index in [0.717, 1.165) is 0 Å². The summed E-state index contributed by atoms with van der Waals surface area (Å²) < 4.78 is 26.2. The molecule has 0 saturated heterocycles. The number of sulfonamides is 1. The van der Waals surface area contributed by atoms with Crippen molar-refractivity contribution in [3.05, 3.63) is 59.7 Å². The maximum atomic E-state index is 12.0. The largest absolute Gasteiger partial charge is 0.326 e. The highest BCUT2D eigenvalue weighted by atomic mass is 32.2. The van der Waals surface area contributed by atoms with Gasteiger partial charge in [-0.1, -0.05) is 36.4 Å². The summed E-state index contributed by atoms with van der Waals surface area (Å²) in [7, 11) is -2.28. The number of hydrogen-bond acceptors (Lipinski definition) is 4. The molecule has 0 fully saturated rings. The first-order chi connectivity index (χ1) is 11.8. The van der Waals surface area contributed by atoms with E-state index in [4.69, 9.17) is 0 Å². The highest BCUT2D eigenvalue weighted by molar-refractivity contribution is 7.89. The molecule has 0 aromatic heterocycles. The molecule has 25 heavy (non-hydrogen) atoms. The van der Waals surface area contributed by atoms with Crippen LogP contribution in [-0.4, -0.2) is 27.2 Å². The summed E-state index contributed by atoms with van der Waals surface area (Å²) in [6, 6.07) is 13.4. The zero-order valence-corrected chi connectivity index (χ0v) is 14.9. The van der Waals surface area contributed by atoms with Gasteiger partial charge in [0.15, 0.2) is 5.78 Å². The second kappa shape index (κ2) is 8.04. The molecule has 7 heteroatoms. The lowest BCUT2D eigenvalue weighted by molar-refractivity contribution is -0.116. The van der Waals surface area contributed by atoms with Crippen LogP contribution in [0.1, 0.15) is 28.8 Å². The van der Waals surface area contributed by atoms with Crippen LogP contribution in [-0.2, 0) is 14.8 Å². The van der Waals surface area contributed by atoms with E-state index in [0.29, 0.717) is 16.8 Å². The topological polar surface area (TPSA) is 92.3 Å². The monoisotopic (exact) mass is 360 g/mol. The molecular formula is C18H20N2O4S. The molecule has 0 aliphatic carbocycles. The molecule has 0 radical (unpaired) electrons. The average Bonchev–Trinajstić information content (AvgIpc) is 2.62. The van der Waals surface area contributed by atoms with Crippen LogP contribution in [0.4, 0.5) is 5.69 Å². The number of hydrogen-bond donors (Lipinski definition) is 2. The average molecular weight is 360 g/mol. The van der Waals surface area contributed by atoms with E-state index in [1.165, 1.54) is 13.1 Å². The van der Waals surface area contributed by atoms with Gasteiger partial charge in [-0.2, -0.15) is 0 Å². The van der Waals surface area contributed by atoms with Crippen molar-refractivity contribution < 1.29 is 18.0 Å². The molecule has 132 valence electrons. The second-order valence-electron chi connectivity index (χ2n) is 5.53. The second-order valence-corrected chi connectivity index (χ2v) is 7.38. The summed E-state index contributed by atoms with van der Waals surface area (Å²) in [5.41, 5.74) is 1.51. The number of nitrogens with one attached hydrogen (secondary N) is 2. The molecule has 0 aliphatic heterocycles.